The summed E-state index contributed by atoms with van der Waals surface area (Å²) in [5.41, 5.74) is 0. The van der Waals surface area contributed by atoms with Gasteiger partial charge in [-0.15, -0.1) is 0 Å². The lowest BCUT2D eigenvalue weighted by molar-refractivity contribution is -0.143. The summed E-state index contributed by atoms with van der Waals surface area (Å²) in [7, 11) is 0. The van der Waals surface area contributed by atoms with E-state index >= 15 is 0 Å². The van der Waals surface area contributed by atoms with E-state index in [0.29, 0.717) is 19.4 Å². The molecule has 0 fully saturated rings. The average Bonchev–Trinajstić information content (AvgIpc) is 3.43. The maximum absolute atomic E-state index is 12.5. The van der Waals surface area contributed by atoms with Crippen LogP contribution in [0.15, 0.2) is 24.3 Å². The molecule has 77 heavy (non-hydrogen) atoms. The fourth-order valence-electron chi connectivity index (χ4n) is 11.1. The van der Waals surface area contributed by atoms with Gasteiger partial charge in [0.05, 0.1) is 25.4 Å². The van der Waals surface area contributed by atoms with Crippen LogP contribution in [0.1, 0.15) is 393 Å². The Morgan fingerprint density at radius 3 is 0.922 bits per heavy atom. The first-order chi connectivity index (χ1) is 38.0. The van der Waals surface area contributed by atoms with Crippen LogP contribution in [0.2, 0.25) is 0 Å². The van der Waals surface area contributed by atoms with Crippen molar-refractivity contribution in [2.75, 3.05) is 13.2 Å². The standard InChI is InChI=1S/C71H137NO5/c1-3-5-7-9-11-13-15-17-19-21-23-24-28-31-35-39-43-47-51-55-59-63-69(74)68(67-73)72-70(75)64-60-56-52-48-44-40-36-32-29-25-26-30-34-38-42-46-50-54-58-62-66-77-71(76)65-61-57-53-49-45-41-37-33-27-22-20-18-16-14-12-10-8-6-4-2/h18,20,59,63,68-69,73-74H,3-17,19,21-58,60-62,64-67H2,1-2H3,(H,72,75)/b20-18-,63-59+. The van der Waals surface area contributed by atoms with Gasteiger partial charge in [-0.1, -0.05) is 346 Å². The van der Waals surface area contributed by atoms with Crippen molar-refractivity contribution in [1.82, 2.24) is 5.32 Å². The summed E-state index contributed by atoms with van der Waals surface area (Å²) in [5.74, 6) is -0.0553. The van der Waals surface area contributed by atoms with Gasteiger partial charge in [-0.2, -0.15) is 0 Å². The summed E-state index contributed by atoms with van der Waals surface area (Å²) >= 11 is 0. The lowest BCUT2D eigenvalue weighted by Gasteiger charge is -2.20. The largest absolute Gasteiger partial charge is 0.466 e. The third-order valence-corrected chi connectivity index (χ3v) is 16.5. The highest BCUT2D eigenvalue weighted by Gasteiger charge is 2.18. The quantitative estimate of drug-likeness (QED) is 0.0320. The number of nitrogens with one attached hydrogen (secondary N) is 1. The van der Waals surface area contributed by atoms with E-state index in [1.807, 2.05) is 6.08 Å². The van der Waals surface area contributed by atoms with E-state index in [1.165, 1.54) is 321 Å². The molecule has 3 N–H and O–H groups in total. The van der Waals surface area contributed by atoms with Gasteiger partial charge in [-0.3, -0.25) is 9.59 Å². The maximum Gasteiger partial charge on any atom is 0.305 e. The number of esters is 1. The fourth-order valence-corrected chi connectivity index (χ4v) is 11.1. The van der Waals surface area contributed by atoms with Gasteiger partial charge in [0.1, 0.15) is 0 Å². The molecule has 0 aliphatic carbocycles. The highest BCUT2D eigenvalue weighted by molar-refractivity contribution is 5.76. The predicted molar refractivity (Wildman–Crippen MR) is 338 cm³/mol. The number of carbonyl (C=O) groups is 2. The summed E-state index contributed by atoms with van der Waals surface area (Å²) in [6.07, 6.45) is 83.9. The normalized spacial score (nSPS) is 12.6. The Hall–Kier alpha value is -1.66. The van der Waals surface area contributed by atoms with Gasteiger partial charge in [-0.25, -0.2) is 0 Å². The third-order valence-electron chi connectivity index (χ3n) is 16.5. The first kappa shape index (κ1) is 75.3. The van der Waals surface area contributed by atoms with Gasteiger partial charge in [0.2, 0.25) is 5.91 Å². The summed E-state index contributed by atoms with van der Waals surface area (Å²) in [6.45, 7) is 4.93. The molecule has 0 heterocycles. The SMILES string of the molecule is CCCCCCCC/C=C\CCCCCCCCCCCC(=O)OCCCCCCCCCCCCCCCCCCCCCCC(=O)NC(CO)C(O)/C=C/CCCCCCCCCCCCCCCCCCCCC. The lowest BCUT2D eigenvalue weighted by atomic mass is 10.0. The number of carbonyl (C=O) groups excluding carboxylic acids is 2. The number of aliphatic hydroxyl groups excluding tert-OH is 2. The Kier molecular flexibility index (Phi) is 65.4. The van der Waals surface area contributed by atoms with E-state index in [-0.39, 0.29) is 18.5 Å². The minimum absolute atomic E-state index is 0.0105. The number of hydrogen-bond donors (Lipinski definition) is 3. The number of aliphatic hydroxyl groups is 2. The van der Waals surface area contributed by atoms with E-state index in [2.05, 4.69) is 31.3 Å². The Bertz CT molecular complexity index is 1200. The molecule has 0 aliphatic heterocycles. The van der Waals surface area contributed by atoms with Gasteiger partial charge in [0, 0.05) is 12.8 Å². The zero-order valence-electron chi connectivity index (χ0n) is 52.2. The Balaban J connectivity index is 3.40. The highest BCUT2D eigenvalue weighted by Crippen LogP contribution is 2.19. The Morgan fingerprint density at radius 1 is 0.351 bits per heavy atom. The van der Waals surface area contributed by atoms with E-state index in [4.69, 9.17) is 4.74 Å². The van der Waals surface area contributed by atoms with Crippen LogP contribution in [0.4, 0.5) is 0 Å². The first-order valence-corrected chi connectivity index (χ1v) is 35.1. The van der Waals surface area contributed by atoms with Crippen LogP contribution in [0, 0.1) is 0 Å². The van der Waals surface area contributed by atoms with Crippen molar-refractivity contribution in [2.45, 2.75) is 405 Å². The molecular formula is C71H137NO5. The maximum atomic E-state index is 12.5. The first-order valence-electron chi connectivity index (χ1n) is 35.1. The van der Waals surface area contributed by atoms with E-state index in [0.717, 1.165) is 44.9 Å². The van der Waals surface area contributed by atoms with Gasteiger partial charge < -0.3 is 20.3 Å². The van der Waals surface area contributed by atoms with Gasteiger partial charge in [-0.05, 0) is 57.8 Å². The van der Waals surface area contributed by atoms with Crippen molar-refractivity contribution in [2.24, 2.45) is 0 Å². The number of amides is 1. The molecule has 0 aromatic carbocycles. The van der Waals surface area contributed by atoms with Crippen molar-refractivity contribution in [1.29, 1.82) is 0 Å². The topological polar surface area (TPSA) is 95.9 Å². The minimum atomic E-state index is -0.847. The number of ether oxygens (including phenoxy) is 1. The second kappa shape index (κ2) is 66.8. The minimum Gasteiger partial charge on any atom is -0.466 e. The monoisotopic (exact) mass is 1080 g/mol. The molecule has 2 atom stereocenters. The molecule has 0 saturated heterocycles. The number of hydrogen-bond acceptors (Lipinski definition) is 5. The molecule has 0 aromatic heterocycles. The fraction of sp³-hybridized carbons (Fsp3) is 0.915. The number of allylic oxidation sites excluding steroid dienone is 3. The van der Waals surface area contributed by atoms with Crippen LogP contribution in [-0.2, 0) is 14.3 Å². The smallest absolute Gasteiger partial charge is 0.305 e. The molecule has 0 aliphatic rings. The molecular weight excluding hydrogens is 947 g/mol. The van der Waals surface area contributed by atoms with Crippen LogP contribution < -0.4 is 5.32 Å². The third kappa shape index (κ3) is 63.4. The molecule has 0 saturated carbocycles. The summed E-state index contributed by atoms with van der Waals surface area (Å²) in [6, 6.07) is -0.630. The summed E-state index contributed by atoms with van der Waals surface area (Å²) < 4.78 is 5.51. The van der Waals surface area contributed by atoms with E-state index < -0.39 is 12.1 Å². The summed E-state index contributed by atoms with van der Waals surface area (Å²) in [5, 5.41) is 23.2. The van der Waals surface area contributed by atoms with Gasteiger partial charge in [0.15, 0.2) is 0 Å². The molecule has 0 aromatic rings. The predicted octanol–water partition coefficient (Wildman–Crippen LogP) is 22.5. The number of rotatable bonds is 66. The average molecular weight is 1080 g/mol. The van der Waals surface area contributed by atoms with Crippen molar-refractivity contribution < 1.29 is 24.5 Å². The van der Waals surface area contributed by atoms with Gasteiger partial charge in [0.25, 0.3) is 0 Å². The van der Waals surface area contributed by atoms with Crippen molar-refractivity contribution in [3.63, 3.8) is 0 Å². The zero-order chi connectivity index (χ0) is 55.7. The van der Waals surface area contributed by atoms with Crippen LogP contribution in [0.5, 0.6) is 0 Å². The highest BCUT2D eigenvalue weighted by atomic mass is 16.5. The van der Waals surface area contributed by atoms with E-state index in [1.54, 1.807) is 6.08 Å². The van der Waals surface area contributed by atoms with E-state index in [9.17, 15) is 19.8 Å². The molecule has 2 unspecified atom stereocenters. The van der Waals surface area contributed by atoms with Gasteiger partial charge >= 0.3 is 5.97 Å². The second-order valence-electron chi connectivity index (χ2n) is 24.2. The van der Waals surface area contributed by atoms with Crippen LogP contribution in [-0.4, -0.2) is 47.4 Å². The van der Waals surface area contributed by atoms with Crippen molar-refractivity contribution in [3.05, 3.63) is 24.3 Å². The number of unbranched alkanes of at least 4 members (excludes halogenated alkanes) is 53. The van der Waals surface area contributed by atoms with Crippen LogP contribution in [0.25, 0.3) is 0 Å². The molecule has 0 spiro atoms. The van der Waals surface area contributed by atoms with Crippen LogP contribution >= 0.6 is 0 Å². The molecule has 1 amide bonds. The molecule has 0 radical (unpaired) electrons. The Labute approximate surface area is 481 Å². The molecule has 0 bridgehead atoms. The molecule has 6 nitrogen and oxygen atoms in total. The van der Waals surface area contributed by atoms with Crippen molar-refractivity contribution in [3.8, 4) is 0 Å². The molecule has 0 rings (SSSR count). The molecule has 456 valence electrons. The zero-order valence-corrected chi connectivity index (χ0v) is 52.2. The summed E-state index contributed by atoms with van der Waals surface area (Å²) in [4.78, 5) is 24.6. The lowest BCUT2D eigenvalue weighted by Crippen LogP contribution is -2.45. The van der Waals surface area contributed by atoms with Crippen molar-refractivity contribution >= 4 is 11.9 Å². The van der Waals surface area contributed by atoms with Crippen LogP contribution in [0.3, 0.4) is 0 Å². The second-order valence-corrected chi connectivity index (χ2v) is 24.2. The Morgan fingerprint density at radius 2 is 0.610 bits per heavy atom. The molecule has 6 heteroatoms.